The Morgan fingerprint density at radius 3 is 2.46 bits per heavy atom. The Hall–Kier alpha value is -2.75. The monoisotopic (exact) mass is 520 g/mol. The van der Waals surface area contributed by atoms with Crippen LogP contribution in [0.25, 0.3) is 0 Å². The lowest BCUT2D eigenvalue weighted by atomic mass is 9.81. The Balaban J connectivity index is 2.48. The number of fused-ring (bicyclic) bond motifs is 2. The lowest BCUT2D eigenvalue weighted by Gasteiger charge is -2.30. The van der Waals surface area contributed by atoms with Gasteiger partial charge in [0.25, 0.3) is 5.91 Å². The number of allylic oxidation sites excluding steroid dienone is 1. The Morgan fingerprint density at radius 2 is 1.84 bits per heavy atom. The molecule has 37 heavy (non-hydrogen) atoms. The molecule has 0 saturated heterocycles. The molecule has 6 N–H and O–H groups in total. The van der Waals surface area contributed by atoms with Crippen molar-refractivity contribution >= 4 is 17.7 Å². The second-order valence-electron chi connectivity index (χ2n) is 10.4. The SMILES string of the molecule is CC1=CCC[C@H](C)[C@@H](OC(N)=O)C(C)=C[C@H](C)[C@@H](O)[C@@H](CO)C[C@H](C)[C@@H](O)c2cc(F)cc(c2)NC1=O. The minimum absolute atomic E-state index is 0.142. The van der Waals surface area contributed by atoms with E-state index in [1.54, 1.807) is 39.8 Å². The molecule has 1 aromatic carbocycles. The van der Waals surface area contributed by atoms with Gasteiger partial charge in [0.1, 0.15) is 11.9 Å². The van der Waals surface area contributed by atoms with Gasteiger partial charge >= 0.3 is 6.09 Å². The molecule has 2 amide bonds. The van der Waals surface area contributed by atoms with Crippen molar-refractivity contribution in [2.45, 2.75) is 72.2 Å². The number of benzene rings is 1. The molecule has 0 aliphatic carbocycles. The Bertz CT molecular complexity index is 1010. The number of hydrogen-bond donors (Lipinski definition) is 5. The summed E-state index contributed by atoms with van der Waals surface area (Å²) in [5.41, 5.74) is 6.98. The summed E-state index contributed by atoms with van der Waals surface area (Å²) >= 11 is 0. The number of ether oxygens (including phenoxy) is 1. The van der Waals surface area contributed by atoms with Crippen LogP contribution < -0.4 is 11.1 Å². The van der Waals surface area contributed by atoms with Crippen molar-refractivity contribution in [3.63, 3.8) is 0 Å². The Morgan fingerprint density at radius 1 is 1.16 bits per heavy atom. The van der Waals surface area contributed by atoms with E-state index in [0.29, 0.717) is 24.0 Å². The maximum absolute atomic E-state index is 14.4. The van der Waals surface area contributed by atoms with E-state index in [1.807, 2.05) is 6.92 Å². The number of hydrogen-bond acceptors (Lipinski definition) is 6. The quantitative estimate of drug-likeness (QED) is 0.370. The van der Waals surface area contributed by atoms with Crippen LogP contribution in [0.5, 0.6) is 0 Å². The second kappa shape index (κ2) is 13.7. The number of carbonyl (C=O) groups is 2. The zero-order valence-corrected chi connectivity index (χ0v) is 22.3. The van der Waals surface area contributed by atoms with Crippen molar-refractivity contribution in [3.05, 3.63) is 52.9 Å². The van der Waals surface area contributed by atoms with E-state index in [9.17, 15) is 29.3 Å². The van der Waals surface area contributed by atoms with Crippen LogP contribution in [0.3, 0.4) is 0 Å². The highest BCUT2D eigenvalue weighted by atomic mass is 19.1. The molecule has 0 unspecified atom stereocenters. The van der Waals surface area contributed by atoms with Crippen molar-refractivity contribution in [1.82, 2.24) is 0 Å². The molecule has 206 valence electrons. The van der Waals surface area contributed by atoms with Gasteiger partial charge in [0, 0.05) is 29.7 Å². The van der Waals surface area contributed by atoms with E-state index >= 15 is 0 Å². The number of halogens is 1. The molecule has 1 aliphatic rings. The van der Waals surface area contributed by atoms with Crippen molar-refractivity contribution < 1.29 is 34.0 Å². The smallest absolute Gasteiger partial charge is 0.405 e. The highest BCUT2D eigenvalue weighted by Crippen LogP contribution is 2.33. The van der Waals surface area contributed by atoms with Crippen molar-refractivity contribution in [2.24, 2.45) is 29.4 Å². The first-order chi connectivity index (χ1) is 17.3. The number of aliphatic hydroxyl groups excluding tert-OH is 3. The maximum Gasteiger partial charge on any atom is 0.405 e. The van der Waals surface area contributed by atoms with Gasteiger partial charge < -0.3 is 31.1 Å². The number of carbonyl (C=O) groups excluding carboxylic acids is 2. The summed E-state index contributed by atoms with van der Waals surface area (Å²) in [5, 5.41) is 34.7. The highest BCUT2D eigenvalue weighted by molar-refractivity contribution is 6.03. The van der Waals surface area contributed by atoms with Crippen LogP contribution >= 0.6 is 0 Å². The molecule has 0 aromatic heterocycles. The summed E-state index contributed by atoms with van der Waals surface area (Å²) in [4.78, 5) is 24.3. The summed E-state index contributed by atoms with van der Waals surface area (Å²) in [7, 11) is 0. The van der Waals surface area contributed by atoms with Crippen LogP contribution in [-0.4, -0.2) is 46.1 Å². The van der Waals surface area contributed by atoms with E-state index in [2.05, 4.69) is 5.32 Å². The normalized spacial score (nSPS) is 30.6. The molecule has 8 nitrogen and oxygen atoms in total. The third-order valence-electron chi connectivity index (χ3n) is 7.15. The van der Waals surface area contributed by atoms with Gasteiger partial charge in [-0.1, -0.05) is 32.9 Å². The summed E-state index contributed by atoms with van der Waals surface area (Å²) in [6.07, 6.45) is 1.34. The third-order valence-corrected chi connectivity index (χ3v) is 7.15. The van der Waals surface area contributed by atoms with E-state index in [-0.39, 0.29) is 30.2 Å². The average molecular weight is 521 g/mol. The van der Waals surface area contributed by atoms with Crippen LogP contribution in [-0.2, 0) is 9.53 Å². The molecule has 0 fully saturated rings. The number of aliphatic hydroxyl groups is 3. The fourth-order valence-corrected chi connectivity index (χ4v) is 4.97. The fraction of sp³-hybridized carbons (Fsp3) is 0.571. The average Bonchev–Trinajstić information content (AvgIpc) is 2.83. The number of nitrogens with one attached hydrogen (secondary N) is 1. The minimum atomic E-state index is -1.09. The van der Waals surface area contributed by atoms with Gasteiger partial charge in [-0.3, -0.25) is 4.79 Å². The first-order valence-corrected chi connectivity index (χ1v) is 12.7. The molecule has 0 radical (unpaired) electrons. The van der Waals surface area contributed by atoms with Crippen molar-refractivity contribution in [3.8, 4) is 0 Å². The van der Waals surface area contributed by atoms with E-state index < -0.39 is 53.9 Å². The number of primary amides is 1. The molecule has 2 rings (SSSR count). The summed E-state index contributed by atoms with van der Waals surface area (Å²) < 4.78 is 19.8. The molecule has 1 aliphatic heterocycles. The zero-order chi connectivity index (χ0) is 27.9. The molecule has 1 heterocycles. The van der Waals surface area contributed by atoms with E-state index in [0.717, 1.165) is 0 Å². The maximum atomic E-state index is 14.4. The lowest BCUT2D eigenvalue weighted by Crippen LogP contribution is -2.33. The molecule has 7 atom stereocenters. The van der Waals surface area contributed by atoms with E-state index in [4.69, 9.17) is 10.5 Å². The number of amides is 2. The Labute approximate surface area is 218 Å². The predicted octanol–water partition coefficient (Wildman–Crippen LogP) is 4.22. The second-order valence-corrected chi connectivity index (χ2v) is 10.4. The van der Waals surface area contributed by atoms with Gasteiger partial charge in [-0.05, 0) is 74.3 Å². The third kappa shape index (κ3) is 8.66. The van der Waals surface area contributed by atoms with Crippen LogP contribution in [0, 0.1) is 29.5 Å². The first-order valence-electron chi connectivity index (χ1n) is 12.7. The van der Waals surface area contributed by atoms with Crippen LogP contribution in [0.2, 0.25) is 0 Å². The molecule has 0 spiro atoms. The molecular weight excluding hydrogens is 479 g/mol. The van der Waals surface area contributed by atoms with Gasteiger partial charge in [0.05, 0.1) is 12.2 Å². The minimum Gasteiger partial charge on any atom is -0.442 e. The van der Waals surface area contributed by atoms with Gasteiger partial charge in [-0.15, -0.1) is 0 Å². The van der Waals surface area contributed by atoms with Gasteiger partial charge in [-0.2, -0.15) is 0 Å². The fourth-order valence-electron chi connectivity index (χ4n) is 4.97. The van der Waals surface area contributed by atoms with Gasteiger partial charge in [0.2, 0.25) is 0 Å². The highest BCUT2D eigenvalue weighted by Gasteiger charge is 2.30. The largest absolute Gasteiger partial charge is 0.442 e. The predicted molar refractivity (Wildman–Crippen MR) is 140 cm³/mol. The summed E-state index contributed by atoms with van der Waals surface area (Å²) in [6, 6.07) is 3.91. The standard InChI is InChI=1S/C28H41FN2O6/c1-15-7-6-8-16(2)27(35)31-23-12-20(11-22(29)13-23)24(33)18(4)10-21(14-32)25(34)17(3)9-19(5)26(15)37-28(30)36/h8-9,11-13,15,17-18,21,24-26,32-34H,6-7,10,14H2,1-5H3,(H2,30,36)(H,31,35)/t15-,17-,18-,21+,24+,25+,26+/m0/s1. The molecule has 2 bridgehead atoms. The van der Waals surface area contributed by atoms with Crippen LogP contribution in [0.1, 0.15) is 65.5 Å². The topological polar surface area (TPSA) is 142 Å². The van der Waals surface area contributed by atoms with Crippen LogP contribution in [0.4, 0.5) is 14.9 Å². The van der Waals surface area contributed by atoms with Crippen molar-refractivity contribution in [2.75, 3.05) is 11.9 Å². The zero-order valence-electron chi connectivity index (χ0n) is 22.3. The Kier molecular flexibility index (Phi) is 11.3. The number of anilines is 1. The molecule has 1 aromatic rings. The molecular formula is C28H41FN2O6. The first kappa shape index (κ1) is 30.5. The van der Waals surface area contributed by atoms with Crippen molar-refractivity contribution in [1.29, 1.82) is 0 Å². The lowest BCUT2D eigenvalue weighted by molar-refractivity contribution is -0.112. The van der Waals surface area contributed by atoms with Crippen LogP contribution in [0.15, 0.2) is 41.5 Å². The molecule has 9 heteroatoms. The summed E-state index contributed by atoms with van der Waals surface area (Å²) in [5.74, 6) is -2.56. The molecule has 0 saturated carbocycles. The number of rotatable bonds is 2. The van der Waals surface area contributed by atoms with Gasteiger partial charge in [-0.25, -0.2) is 9.18 Å². The number of nitrogens with two attached hydrogens (primary N) is 1. The van der Waals surface area contributed by atoms with E-state index in [1.165, 1.54) is 18.2 Å². The van der Waals surface area contributed by atoms with Gasteiger partial charge in [0.15, 0.2) is 0 Å². The summed E-state index contributed by atoms with van der Waals surface area (Å²) in [6.45, 7) is 8.60.